The summed E-state index contributed by atoms with van der Waals surface area (Å²) in [6.45, 7) is 0.130. The molecule has 100 valence electrons. The highest BCUT2D eigenvalue weighted by Crippen LogP contribution is 2.23. The Kier molecular flexibility index (Phi) is 3.99. The van der Waals surface area contributed by atoms with Gasteiger partial charge < -0.3 is 4.74 Å². The fourth-order valence-electron chi connectivity index (χ4n) is 1.41. The molecule has 0 aliphatic heterocycles. The van der Waals surface area contributed by atoms with Crippen LogP contribution in [-0.4, -0.2) is 22.5 Å². The van der Waals surface area contributed by atoms with Gasteiger partial charge in [-0.1, -0.05) is 0 Å². The van der Waals surface area contributed by atoms with Crippen molar-refractivity contribution in [3.8, 4) is 17.1 Å². The van der Waals surface area contributed by atoms with Gasteiger partial charge in [-0.2, -0.15) is 0 Å². The molecule has 2 aromatic heterocycles. The van der Waals surface area contributed by atoms with Crippen LogP contribution in [-0.2, 0) is 0 Å². The Bertz CT molecular complexity index is 555. The number of hydrogen-bond donors (Lipinski definition) is 1. The van der Waals surface area contributed by atoms with E-state index in [0.717, 1.165) is 6.92 Å². The van der Waals surface area contributed by atoms with Gasteiger partial charge in [0.15, 0.2) is 6.61 Å². The second-order valence-corrected chi connectivity index (χ2v) is 4.59. The first-order chi connectivity index (χ1) is 8.96. The Morgan fingerprint density at radius 1 is 1.26 bits per heavy atom. The van der Waals surface area contributed by atoms with Crippen molar-refractivity contribution in [2.45, 2.75) is 17.7 Å². The van der Waals surface area contributed by atoms with Crippen LogP contribution in [0.25, 0.3) is 11.4 Å². The van der Waals surface area contributed by atoms with Crippen LogP contribution in [0, 0.1) is 0 Å². The first kappa shape index (κ1) is 13.7. The molecule has 0 fully saturated rings. The molecule has 0 N–H and O–H groups in total. The smallest absolute Gasteiger partial charge is 0.278 e. The molecule has 0 amide bonds. The molecule has 2 aromatic rings. The number of alkyl halides is 2. The summed E-state index contributed by atoms with van der Waals surface area (Å²) in [5.41, 5.74) is 1.25. The van der Waals surface area contributed by atoms with Crippen LogP contribution < -0.4 is 4.74 Å². The lowest BCUT2D eigenvalue weighted by Crippen LogP contribution is -2.20. The van der Waals surface area contributed by atoms with Gasteiger partial charge in [0.05, 0.1) is 11.9 Å². The fraction of sp³-hybridized carbons (Fsp3) is 0.231. The van der Waals surface area contributed by atoms with Crippen LogP contribution in [0.1, 0.15) is 6.92 Å². The number of halogens is 2. The first-order valence-electron chi connectivity index (χ1n) is 5.57. The van der Waals surface area contributed by atoms with Crippen molar-refractivity contribution in [2.24, 2.45) is 0 Å². The van der Waals surface area contributed by atoms with Gasteiger partial charge >= 0.3 is 0 Å². The van der Waals surface area contributed by atoms with Crippen molar-refractivity contribution < 1.29 is 13.5 Å². The van der Waals surface area contributed by atoms with Gasteiger partial charge in [0.2, 0.25) is 0 Å². The minimum Gasteiger partial charge on any atom is -0.486 e. The van der Waals surface area contributed by atoms with Gasteiger partial charge in [0.25, 0.3) is 5.92 Å². The molecule has 6 heteroatoms. The second kappa shape index (κ2) is 5.52. The third-order valence-electron chi connectivity index (χ3n) is 2.26. The summed E-state index contributed by atoms with van der Waals surface area (Å²) in [6, 6.07) is 6.81. The summed E-state index contributed by atoms with van der Waals surface area (Å²) < 4.78 is 30.2. The Morgan fingerprint density at radius 3 is 2.63 bits per heavy atom. The quantitative estimate of drug-likeness (QED) is 0.872. The molecule has 0 radical (unpaired) electrons. The molecule has 0 atom stereocenters. The fourth-order valence-corrected chi connectivity index (χ4v) is 1.67. The lowest BCUT2D eigenvalue weighted by Gasteiger charge is -2.11. The number of ether oxygens (including phenoxy) is 1. The summed E-state index contributed by atoms with van der Waals surface area (Å²) in [6.07, 6.45) is 3.03. The summed E-state index contributed by atoms with van der Waals surface area (Å²) in [5, 5.41) is 0. The lowest BCUT2D eigenvalue weighted by molar-refractivity contribution is -0.0230. The molecule has 0 bridgehead atoms. The maximum Gasteiger partial charge on any atom is 0.278 e. The van der Waals surface area contributed by atoms with E-state index in [1.54, 1.807) is 30.5 Å². The summed E-state index contributed by atoms with van der Waals surface area (Å²) in [5.74, 6) is -2.57. The largest absolute Gasteiger partial charge is 0.486 e. The zero-order valence-electron chi connectivity index (χ0n) is 10.2. The highest BCUT2D eigenvalue weighted by molar-refractivity contribution is 7.80. The Morgan fingerprint density at radius 2 is 2.05 bits per heavy atom. The van der Waals surface area contributed by atoms with Gasteiger partial charge in [0, 0.05) is 18.0 Å². The van der Waals surface area contributed by atoms with E-state index in [0.29, 0.717) is 22.0 Å². The van der Waals surface area contributed by atoms with Crippen LogP contribution in [0.4, 0.5) is 8.78 Å². The predicted octanol–water partition coefficient (Wildman–Crippen LogP) is 3.47. The molecular formula is C13H12F2N2OS. The molecular weight excluding hydrogens is 270 g/mol. The highest BCUT2D eigenvalue weighted by Gasteiger charge is 2.22. The molecule has 0 aromatic carbocycles. The Balaban J connectivity index is 2.13. The van der Waals surface area contributed by atoms with E-state index in [2.05, 4.69) is 22.6 Å². The number of nitrogens with zero attached hydrogens (tertiary/aromatic N) is 2. The monoisotopic (exact) mass is 282 g/mol. The molecule has 0 saturated carbocycles. The van der Waals surface area contributed by atoms with E-state index in [1.165, 1.54) is 6.20 Å². The standard InChI is InChI=1S/C13H12F2N2OS/c1-13(14,15)8-18-9-4-5-10(17-7-9)12-11(19)3-2-6-16-12/h2-7,19H,8H2,1H3. The van der Waals surface area contributed by atoms with E-state index in [9.17, 15) is 8.78 Å². The average molecular weight is 282 g/mol. The van der Waals surface area contributed by atoms with E-state index < -0.39 is 12.5 Å². The van der Waals surface area contributed by atoms with Crippen molar-refractivity contribution in [2.75, 3.05) is 6.61 Å². The first-order valence-corrected chi connectivity index (χ1v) is 6.01. The molecule has 0 unspecified atom stereocenters. The molecule has 19 heavy (non-hydrogen) atoms. The van der Waals surface area contributed by atoms with Crippen molar-refractivity contribution >= 4 is 12.6 Å². The summed E-state index contributed by atoms with van der Waals surface area (Å²) in [7, 11) is 0. The molecule has 2 rings (SSSR count). The zero-order valence-corrected chi connectivity index (χ0v) is 11.1. The third-order valence-corrected chi connectivity index (χ3v) is 2.62. The molecule has 0 aliphatic carbocycles. The summed E-state index contributed by atoms with van der Waals surface area (Å²) >= 11 is 4.28. The van der Waals surface area contributed by atoms with Gasteiger partial charge in [-0.05, 0) is 24.3 Å². The third kappa shape index (κ3) is 3.89. The summed E-state index contributed by atoms with van der Waals surface area (Å²) in [4.78, 5) is 8.99. The minimum absolute atomic E-state index is 0.293. The number of aromatic nitrogens is 2. The van der Waals surface area contributed by atoms with E-state index >= 15 is 0 Å². The molecule has 0 saturated heterocycles. The maximum atomic E-state index is 12.6. The van der Waals surface area contributed by atoms with Crippen LogP contribution in [0.15, 0.2) is 41.6 Å². The number of hydrogen-bond acceptors (Lipinski definition) is 4. The van der Waals surface area contributed by atoms with Gasteiger partial charge in [0.1, 0.15) is 11.4 Å². The normalized spacial score (nSPS) is 11.4. The van der Waals surface area contributed by atoms with Crippen LogP contribution in [0.2, 0.25) is 0 Å². The number of thiol groups is 1. The van der Waals surface area contributed by atoms with E-state index in [-0.39, 0.29) is 0 Å². The number of rotatable bonds is 4. The topological polar surface area (TPSA) is 35.0 Å². The van der Waals surface area contributed by atoms with Gasteiger partial charge in [-0.15, -0.1) is 12.6 Å². The van der Waals surface area contributed by atoms with Gasteiger partial charge in [-0.25, -0.2) is 8.78 Å². The molecule has 0 spiro atoms. The highest BCUT2D eigenvalue weighted by atomic mass is 32.1. The van der Waals surface area contributed by atoms with Crippen molar-refractivity contribution in [1.29, 1.82) is 0 Å². The molecule has 2 heterocycles. The molecule has 0 aliphatic rings. The Labute approximate surface area is 115 Å². The predicted molar refractivity (Wildman–Crippen MR) is 70.8 cm³/mol. The van der Waals surface area contributed by atoms with E-state index in [1.807, 2.05) is 0 Å². The van der Waals surface area contributed by atoms with Crippen molar-refractivity contribution in [1.82, 2.24) is 9.97 Å². The van der Waals surface area contributed by atoms with Crippen LogP contribution >= 0.6 is 12.6 Å². The maximum absolute atomic E-state index is 12.6. The Hall–Kier alpha value is -1.69. The lowest BCUT2D eigenvalue weighted by atomic mass is 10.2. The molecule has 3 nitrogen and oxygen atoms in total. The second-order valence-electron chi connectivity index (χ2n) is 4.11. The van der Waals surface area contributed by atoms with Gasteiger partial charge in [-0.3, -0.25) is 9.97 Å². The van der Waals surface area contributed by atoms with Crippen molar-refractivity contribution in [3.05, 3.63) is 36.7 Å². The van der Waals surface area contributed by atoms with E-state index in [4.69, 9.17) is 4.74 Å². The van der Waals surface area contributed by atoms with Crippen molar-refractivity contribution in [3.63, 3.8) is 0 Å². The van der Waals surface area contributed by atoms with Crippen LogP contribution in [0.3, 0.4) is 0 Å². The zero-order chi connectivity index (χ0) is 13.9. The minimum atomic E-state index is -2.86. The number of pyridine rings is 2. The SMILES string of the molecule is CC(F)(F)COc1ccc(-c2ncccc2S)nc1. The van der Waals surface area contributed by atoms with Crippen LogP contribution in [0.5, 0.6) is 5.75 Å². The average Bonchev–Trinajstić information content (AvgIpc) is 2.37.